The predicted molar refractivity (Wildman–Crippen MR) is 229 cm³/mol. The van der Waals surface area contributed by atoms with Crippen LogP contribution in [0.25, 0.3) is 65.4 Å². The topological polar surface area (TPSA) is 9.23 Å². The lowest BCUT2D eigenvalue weighted by molar-refractivity contribution is 0.436. The highest BCUT2D eigenvalue weighted by atomic mass is 32.1. The minimum atomic E-state index is -0.456. The van der Waals surface area contributed by atoms with Crippen LogP contribution in [0, 0.1) is 0 Å². The van der Waals surface area contributed by atoms with E-state index >= 15 is 0 Å². The van der Waals surface area contributed by atoms with Gasteiger partial charge in [-0.15, -0.1) is 11.3 Å². The molecule has 55 heavy (non-hydrogen) atoms. The highest BCUT2D eigenvalue weighted by Gasteiger charge is 2.50. The first kappa shape index (κ1) is 31.8. The third kappa shape index (κ3) is 4.85. The van der Waals surface area contributed by atoms with Crippen molar-refractivity contribution < 1.29 is 4.74 Å². The number of hydrogen-bond donors (Lipinski definition) is 0. The SMILES string of the molecule is c1ccc(-c2ccccc2-c2ccccc2-c2ccccc2-c2ccc(-c3ccc4c(c3)Oc3ccccc3C43c4ccccc4-c4ccccc43)s2)cc1. The molecule has 8 aromatic carbocycles. The Kier molecular flexibility index (Phi) is 7.33. The van der Waals surface area contributed by atoms with Crippen molar-refractivity contribution in [2.24, 2.45) is 0 Å². The summed E-state index contributed by atoms with van der Waals surface area (Å²) in [7, 11) is 0. The quantitative estimate of drug-likeness (QED) is 0.172. The zero-order valence-electron chi connectivity index (χ0n) is 29.9. The standard InChI is InChI=1S/C53H34OS/c1-2-16-35(17-3-1)37-18-4-5-19-38(37)39-20-6-7-21-40(39)41-22-8-9-25-44(41)52-33-32-51(55-52)36-30-31-48-50(34-36)54-49-29-15-14-28-47(49)53(48)45-26-12-10-23-42(45)43-24-11-13-27-46(43)53/h1-34H. The van der Waals surface area contributed by atoms with E-state index in [9.17, 15) is 0 Å². The van der Waals surface area contributed by atoms with Gasteiger partial charge in [0.2, 0.25) is 0 Å². The van der Waals surface area contributed by atoms with E-state index in [2.05, 4.69) is 206 Å². The summed E-state index contributed by atoms with van der Waals surface area (Å²) >= 11 is 1.83. The maximum absolute atomic E-state index is 6.83. The van der Waals surface area contributed by atoms with Crippen LogP contribution in [0.3, 0.4) is 0 Å². The summed E-state index contributed by atoms with van der Waals surface area (Å²) in [6.07, 6.45) is 0. The molecule has 1 nitrogen and oxygen atoms in total. The first-order chi connectivity index (χ1) is 27.3. The van der Waals surface area contributed by atoms with E-state index in [-0.39, 0.29) is 0 Å². The number of rotatable bonds is 5. The molecular formula is C53H34OS. The molecule has 1 spiro atoms. The van der Waals surface area contributed by atoms with Gasteiger partial charge in [-0.1, -0.05) is 182 Å². The highest BCUT2D eigenvalue weighted by Crippen LogP contribution is 2.62. The molecule has 9 aromatic rings. The lowest BCUT2D eigenvalue weighted by Crippen LogP contribution is -2.32. The van der Waals surface area contributed by atoms with E-state index in [1.165, 1.54) is 82.1 Å². The molecule has 0 saturated carbocycles. The van der Waals surface area contributed by atoms with Crippen LogP contribution in [0.5, 0.6) is 11.5 Å². The lowest BCUT2D eigenvalue weighted by atomic mass is 9.66. The molecule has 0 saturated heterocycles. The highest BCUT2D eigenvalue weighted by molar-refractivity contribution is 7.18. The van der Waals surface area contributed by atoms with Crippen molar-refractivity contribution in [3.63, 3.8) is 0 Å². The van der Waals surface area contributed by atoms with Gasteiger partial charge < -0.3 is 4.74 Å². The van der Waals surface area contributed by atoms with E-state index in [1.54, 1.807) is 0 Å². The number of thiophene rings is 1. The van der Waals surface area contributed by atoms with Gasteiger partial charge in [0.05, 0.1) is 5.41 Å². The fraction of sp³-hybridized carbons (Fsp3) is 0.0189. The molecule has 0 fully saturated rings. The van der Waals surface area contributed by atoms with E-state index in [4.69, 9.17) is 4.74 Å². The van der Waals surface area contributed by atoms with Crippen LogP contribution < -0.4 is 4.74 Å². The summed E-state index contributed by atoms with van der Waals surface area (Å²) in [4.78, 5) is 2.44. The summed E-state index contributed by atoms with van der Waals surface area (Å²) < 4.78 is 6.83. The number of benzene rings is 8. The normalized spacial score (nSPS) is 13.0. The van der Waals surface area contributed by atoms with Gasteiger partial charge in [0, 0.05) is 20.9 Å². The van der Waals surface area contributed by atoms with Gasteiger partial charge in [-0.25, -0.2) is 0 Å². The lowest BCUT2D eigenvalue weighted by Gasteiger charge is -2.39. The molecular weight excluding hydrogens is 685 g/mol. The summed E-state index contributed by atoms with van der Waals surface area (Å²) in [6, 6.07) is 74.8. The summed E-state index contributed by atoms with van der Waals surface area (Å²) in [5, 5.41) is 0. The summed E-state index contributed by atoms with van der Waals surface area (Å²) in [5.74, 6) is 1.82. The van der Waals surface area contributed by atoms with Crippen LogP contribution in [-0.4, -0.2) is 0 Å². The largest absolute Gasteiger partial charge is 0.457 e. The molecule has 1 aromatic heterocycles. The Morgan fingerprint density at radius 2 is 0.745 bits per heavy atom. The van der Waals surface area contributed by atoms with Gasteiger partial charge in [-0.05, 0) is 91.0 Å². The summed E-state index contributed by atoms with van der Waals surface area (Å²) in [5.41, 5.74) is 16.8. The van der Waals surface area contributed by atoms with Crippen LogP contribution in [0.1, 0.15) is 22.3 Å². The molecule has 0 atom stereocenters. The van der Waals surface area contributed by atoms with Gasteiger partial charge >= 0.3 is 0 Å². The zero-order chi connectivity index (χ0) is 36.3. The second kappa shape index (κ2) is 12.7. The molecule has 0 bridgehead atoms. The van der Waals surface area contributed by atoms with Crippen LogP contribution in [0.15, 0.2) is 206 Å². The van der Waals surface area contributed by atoms with Crippen molar-refractivity contribution in [2.75, 3.05) is 0 Å². The fourth-order valence-corrected chi connectivity index (χ4v) is 10.2. The van der Waals surface area contributed by atoms with Crippen molar-refractivity contribution in [3.05, 3.63) is 229 Å². The third-order valence-electron chi connectivity index (χ3n) is 11.5. The van der Waals surface area contributed by atoms with Crippen molar-refractivity contribution >= 4 is 11.3 Å². The number of ether oxygens (including phenoxy) is 1. The first-order valence-electron chi connectivity index (χ1n) is 18.8. The molecule has 11 rings (SSSR count). The Labute approximate surface area is 325 Å². The van der Waals surface area contributed by atoms with Crippen LogP contribution in [0.4, 0.5) is 0 Å². The maximum atomic E-state index is 6.83. The molecule has 0 radical (unpaired) electrons. The van der Waals surface area contributed by atoms with Crippen LogP contribution in [0.2, 0.25) is 0 Å². The molecule has 0 amide bonds. The van der Waals surface area contributed by atoms with E-state index in [1.807, 2.05) is 11.3 Å². The van der Waals surface area contributed by atoms with Crippen LogP contribution in [-0.2, 0) is 5.41 Å². The number of fused-ring (bicyclic) bond motifs is 9. The van der Waals surface area contributed by atoms with Gasteiger partial charge in [0.15, 0.2) is 0 Å². The Balaban J connectivity index is 1.02. The second-order valence-electron chi connectivity index (χ2n) is 14.3. The first-order valence-corrected chi connectivity index (χ1v) is 19.7. The van der Waals surface area contributed by atoms with E-state index in [0.29, 0.717) is 0 Å². The Morgan fingerprint density at radius 1 is 0.291 bits per heavy atom. The van der Waals surface area contributed by atoms with Crippen molar-refractivity contribution in [2.45, 2.75) is 5.41 Å². The van der Waals surface area contributed by atoms with Crippen molar-refractivity contribution in [3.8, 4) is 76.9 Å². The number of para-hydroxylation sites is 1. The molecule has 2 aliphatic rings. The van der Waals surface area contributed by atoms with Crippen molar-refractivity contribution in [1.29, 1.82) is 0 Å². The average Bonchev–Trinajstić information content (AvgIpc) is 3.87. The molecule has 1 aliphatic carbocycles. The fourth-order valence-electron chi connectivity index (χ4n) is 9.13. The smallest absolute Gasteiger partial charge is 0.132 e. The van der Waals surface area contributed by atoms with Crippen molar-refractivity contribution in [1.82, 2.24) is 0 Å². The molecule has 258 valence electrons. The Morgan fingerprint density at radius 3 is 1.40 bits per heavy atom. The van der Waals surface area contributed by atoms with Gasteiger partial charge in [0.1, 0.15) is 11.5 Å². The zero-order valence-corrected chi connectivity index (χ0v) is 30.8. The van der Waals surface area contributed by atoms with Gasteiger partial charge in [0.25, 0.3) is 0 Å². The monoisotopic (exact) mass is 718 g/mol. The van der Waals surface area contributed by atoms with Crippen LogP contribution >= 0.6 is 11.3 Å². The maximum Gasteiger partial charge on any atom is 0.132 e. The molecule has 0 unspecified atom stereocenters. The van der Waals surface area contributed by atoms with E-state index < -0.39 is 5.41 Å². The third-order valence-corrected chi connectivity index (χ3v) is 12.6. The second-order valence-corrected chi connectivity index (χ2v) is 15.4. The summed E-state index contributed by atoms with van der Waals surface area (Å²) in [6.45, 7) is 0. The van der Waals surface area contributed by atoms with Gasteiger partial charge in [-0.2, -0.15) is 0 Å². The minimum absolute atomic E-state index is 0.456. The molecule has 0 N–H and O–H groups in total. The predicted octanol–water partition coefficient (Wildman–Crippen LogP) is 14.6. The Hall–Kier alpha value is -6.74. The van der Waals surface area contributed by atoms with Gasteiger partial charge in [-0.3, -0.25) is 0 Å². The Bertz CT molecular complexity index is 2870. The molecule has 1 aliphatic heterocycles. The average molecular weight is 719 g/mol. The minimum Gasteiger partial charge on any atom is -0.457 e. The number of hydrogen-bond acceptors (Lipinski definition) is 2. The molecule has 2 heterocycles. The molecule has 2 heteroatoms. The van der Waals surface area contributed by atoms with E-state index in [0.717, 1.165) is 17.1 Å².